The van der Waals surface area contributed by atoms with Gasteiger partial charge in [-0.1, -0.05) is 37.9 Å². The van der Waals surface area contributed by atoms with Gasteiger partial charge in [0, 0.05) is 18.3 Å². The molecule has 3 rings (SSSR count). The molecule has 2 aliphatic carbocycles. The van der Waals surface area contributed by atoms with Gasteiger partial charge < -0.3 is 5.32 Å². The first kappa shape index (κ1) is 11.9. The number of rotatable bonds is 2. The van der Waals surface area contributed by atoms with Crippen molar-refractivity contribution in [3.05, 3.63) is 0 Å². The van der Waals surface area contributed by atoms with Gasteiger partial charge in [-0.3, -0.25) is 4.99 Å². The number of amidine groups is 1. The molecule has 0 spiro atoms. The predicted octanol–water partition coefficient (Wildman–Crippen LogP) is 3.28. The summed E-state index contributed by atoms with van der Waals surface area (Å²) in [4.78, 5) is 4.84. The maximum Gasteiger partial charge on any atom is 0.156 e. The van der Waals surface area contributed by atoms with E-state index in [1.807, 2.05) is 11.8 Å². The molecule has 2 nitrogen and oxygen atoms in total. The van der Waals surface area contributed by atoms with Gasteiger partial charge in [-0.25, -0.2) is 0 Å². The molecule has 17 heavy (non-hydrogen) atoms. The third kappa shape index (κ3) is 2.64. The van der Waals surface area contributed by atoms with Crippen molar-refractivity contribution in [2.45, 2.75) is 51.5 Å². The van der Waals surface area contributed by atoms with Crippen molar-refractivity contribution in [3.63, 3.8) is 0 Å². The van der Waals surface area contributed by atoms with Crippen molar-refractivity contribution in [3.8, 4) is 0 Å². The summed E-state index contributed by atoms with van der Waals surface area (Å²) < 4.78 is 0. The van der Waals surface area contributed by atoms with Crippen LogP contribution in [0.3, 0.4) is 0 Å². The number of hydrogen-bond acceptors (Lipinski definition) is 2. The molecule has 0 amide bonds. The van der Waals surface area contributed by atoms with Gasteiger partial charge in [-0.2, -0.15) is 0 Å². The van der Waals surface area contributed by atoms with Crippen molar-refractivity contribution >= 4 is 16.9 Å². The molecule has 4 unspecified atom stereocenters. The smallest absolute Gasteiger partial charge is 0.156 e. The molecule has 1 N–H and O–H groups in total. The minimum Gasteiger partial charge on any atom is -0.362 e. The third-order valence-electron chi connectivity index (χ3n) is 4.91. The zero-order valence-electron chi connectivity index (χ0n) is 10.8. The molecule has 1 heterocycles. The zero-order valence-corrected chi connectivity index (χ0v) is 11.6. The van der Waals surface area contributed by atoms with Crippen LogP contribution < -0.4 is 5.32 Å². The highest BCUT2D eigenvalue weighted by Gasteiger charge is 2.32. The van der Waals surface area contributed by atoms with Crippen LogP contribution in [0.2, 0.25) is 0 Å². The van der Waals surface area contributed by atoms with Crippen molar-refractivity contribution in [1.82, 2.24) is 5.32 Å². The van der Waals surface area contributed by atoms with E-state index in [-0.39, 0.29) is 0 Å². The van der Waals surface area contributed by atoms with Crippen molar-refractivity contribution < 1.29 is 0 Å². The van der Waals surface area contributed by atoms with Crippen LogP contribution in [0.15, 0.2) is 4.99 Å². The molecule has 1 saturated heterocycles. The van der Waals surface area contributed by atoms with E-state index < -0.39 is 0 Å². The number of nitrogens with zero attached hydrogens (tertiary/aromatic N) is 1. The lowest BCUT2D eigenvalue weighted by atomic mass is 9.99. The van der Waals surface area contributed by atoms with Gasteiger partial charge in [-0.05, 0) is 37.0 Å². The van der Waals surface area contributed by atoms with E-state index in [0.717, 1.165) is 30.3 Å². The Morgan fingerprint density at radius 1 is 1.24 bits per heavy atom. The lowest BCUT2D eigenvalue weighted by Gasteiger charge is -2.28. The Bertz CT molecular complexity index is 303. The second kappa shape index (κ2) is 5.21. The lowest BCUT2D eigenvalue weighted by Crippen LogP contribution is -2.41. The van der Waals surface area contributed by atoms with Crippen molar-refractivity contribution in [2.24, 2.45) is 22.7 Å². The van der Waals surface area contributed by atoms with Crippen LogP contribution in [0.1, 0.15) is 45.4 Å². The molecule has 96 valence electrons. The number of hydrogen-bond donors (Lipinski definition) is 1. The number of nitrogens with one attached hydrogen (secondary N) is 1. The van der Waals surface area contributed by atoms with Gasteiger partial charge in [0.1, 0.15) is 0 Å². The van der Waals surface area contributed by atoms with Crippen LogP contribution in [0, 0.1) is 17.8 Å². The van der Waals surface area contributed by atoms with E-state index in [9.17, 15) is 0 Å². The van der Waals surface area contributed by atoms with Gasteiger partial charge in [0.05, 0.1) is 0 Å². The van der Waals surface area contributed by atoms with Crippen molar-refractivity contribution in [2.75, 3.05) is 12.3 Å². The summed E-state index contributed by atoms with van der Waals surface area (Å²) in [5.74, 6) is 3.97. The minimum atomic E-state index is 0.746. The summed E-state index contributed by atoms with van der Waals surface area (Å²) in [7, 11) is 0. The quantitative estimate of drug-likeness (QED) is 0.815. The Balaban J connectivity index is 1.54. The fraction of sp³-hybridized carbons (Fsp3) is 0.929. The van der Waals surface area contributed by atoms with E-state index in [4.69, 9.17) is 4.99 Å². The second-order valence-electron chi connectivity index (χ2n) is 6.07. The molecule has 0 bridgehead atoms. The van der Waals surface area contributed by atoms with E-state index in [0.29, 0.717) is 0 Å². The summed E-state index contributed by atoms with van der Waals surface area (Å²) in [6.07, 6.45) is 8.44. The molecule has 3 heteroatoms. The van der Waals surface area contributed by atoms with Gasteiger partial charge in [-0.15, -0.1) is 0 Å². The second-order valence-corrected chi connectivity index (χ2v) is 7.08. The van der Waals surface area contributed by atoms with E-state index in [1.54, 1.807) is 0 Å². The average molecular weight is 252 g/mol. The molecular weight excluding hydrogens is 228 g/mol. The van der Waals surface area contributed by atoms with Gasteiger partial charge in [0.25, 0.3) is 0 Å². The molecule has 0 aromatic heterocycles. The molecule has 2 saturated carbocycles. The summed E-state index contributed by atoms with van der Waals surface area (Å²) in [5, 5.41) is 4.91. The SMILES string of the molecule is CC1CCCC1CN=C1NC2CCCC2CS1. The maximum atomic E-state index is 4.84. The van der Waals surface area contributed by atoms with Gasteiger partial charge in [0.2, 0.25) is 0 Å². The van der Waals surface area contributed by atoms with Crippen LogP contribution in [0.25, 0.3) is 0 Å². The van der Waals surface area contributed by atoms with Crippen LogP contribution in [-0.4, -0.2) is 23.5 Å². The van der Waals surface area contributed by atoms with Crippen LogP contribution in [0.4, 0.5) is 0 Å². The third-order valence-corrected chi connectivity index (χ3v) is 6.03. The largest absolute Gasteiger partial charge is 0.362 e. The minimum absolute atomic E-state index is 0.746. The Kier molecular flexibility index (Phi) is 3.64. The Morgan fingerprint density at radius 3 is 2.94 bits per heavy atom. The maximum absolute atomic E-state index is 4.84. The molecular formula is C14H24N2S. The molecule has 0 aromatic carbocycles. The summed E-state index contributed by atoms with van der Waals surface area (Å²) >= 11 is 1.96. The highest BCUT2D eigenvalue weighted by Crippen LogP contribution is 2.34. The highest BCUT2D eigenvalue weighted by molar-refractivity contribution is 8.13. The average Bonchev–Trinajstić information content (AvgIpc) is 2.94. The normalized spacial score (nSPS) is 43.7. The van der Waals surface area contributed by atoms with E-state index in [2.05, 4.69) is 12.2 Å². The van der Waals surface area contributed by atoms with Crippen LogP contribution in [0.5, 0.6) is 0 Å². The van der Waals surface area contributed by atoms with Crippen LogP contribution in [-0.2, 0) is 0 Å². The first-order chi connectivity index (χ1) is 8.33. The molecule has 3 fully saturated rings. The zero-order chi connectivity index (χ0) is 11.7. The molecule has 1 aliphatic heterocycles. The van der Waals surface area contributed by atoms with Crippen LogP contribution >= 0.6 is 11.8 Å². The Hall–Kier alpha value is -0.180. The highest BCUT2D eigenvalue weighted by atomic mass is 32.2. The Labute approximate surface area is 109 Å². The number of fused-ring (bicyclic) bond motifs is 1. The summed E-state index contributed by atoms with van der Waals surface area (Å²) in [5.41, 5.74) is 0. The topological polar surface area (TPSA) is 24.4 Å². The molecule has 3 aliphatic rings. The first-order valence-corrected chi connectivity index (χ1v) is 8.25. The van der Waals surface area contributed by atoms with E-state index in [1.165, 1.54) is 49.4 Å². The number of aliphatic imine (C=N–C) groups is 1. The summed E-state index contributed by atoms with van der Waals surface area (Å²) in [6.45, 7) is 3.46. The fourth-order valence-electron chi connectivity index (χ4n) is 3.60. The van der Waals surface area contributed by atoms with Gasteiger partial charge >= 0.3 is 0 Å². The molecule has 0 radical (unpaired) electrons. The monoisotopic (exact) mass is 252 g/mol. The standard InChI is InChI=1S/C14H24N2S/c1-10-4-2-5-11(10)8-15-14-16-13-7-3-6-12(13)9-17-14/h10-13H,2-9H2,1H3,(H,15,16). The van der Waals surface area contributed by atoms with E-state index >= 15 is 0 Å². The first-order valence-electron chi connectivity index (χ1n) is 7.26. The lowest BCUT2D eigenvalue weighted by molar-refractivity contribution is 0.428. The molecule has 4 atom stereocenters. The summed E-state index contributed by atoms with van der Waals surface area (Å²) in [6, 6.07) is 0.746. The van der Waals surface area contributed by atoms with Gasteiger partial charge in [0.15, 0.2) is 5.17 Å². The predicted molar refractivity (Wildman–Crippen MR) is 75.5 cm³/mol. The number of thioether (sulfide) groups is 1. The molecule has 0 aromatic rings. The Morgan fingerprint density at radius 2 is 2.12 bits per heavy atom. The fourth-order valence-corrected chi connectivity index (χ4v) is 4.77. The van der Waals surface area contributed by atoms with Crippen molar-refractivity contribution in [1.29, 1.82) is 0 Å².